The maximum atomic E-state index is 12.6. The number of hydrogen-bond donors (Lipinski definition) is 1. The van der Waals surface area contributed by atoms with Crippen LogP contribution in [0.25, 0.3) is 4.96 Å². The van der Waals surface area contributed by atoms with Crippen LogP contribution in [-0.4, -0.2) is 45.5 Å². The van der Waals surface area contributed by atoms with Crippen molar-refractivity contribution in [2.75, 3.05) is 19.8 Å². The summed E-state index contributed by atoms with van der Waals surface area (Å²) in [6.07, 6.45) is 1.52. The molecule has 0 atom stereocenters. The first kappa shape index (κ1) is 18.9. The van der Waals surface area contributed by atoms with Gasteiger partial charge in [-0.15, -0.1) is 10.2 Å². The van der Waals surface area contributed by atoms with E-state index in [2.05, 4.69) is 20.6 Å². The zero-order valence-corrected chi connectivity index (χ0v) is 16.2. The fraction of sp³-hybridized carbons (Fsp3) is 0.412. The van der Waals surface area contributed by atoms with Crippen LogP contribution in [0.15, 0.2) is 18.5 Å². The molecule has 1 aromatic carbocycles. The number of ether oxygens (including phenoxy) is 3. The first-order valence-corrected chi connectivity index (χ1v) is 9.48. The highest BCUT2D eigenvalue weighted by molar-refractivity contribution is 7.16. The Bertz CT molecular complexity index is 868. The van der Waals surface area contributed by atoms with E-state index in [0.29, 0.717) is 47.6 Å². The Kier molecular flexibility index (Phi) is 6.07. The van der Waals surface area contributed by atoms with E-state index in [1.54, 1.807) is 16.6 Å². The molecule has 144 valence electrons. The van der Waals surface area contributed by atoms with Gasteiger partial charge in [-0.1, -0.05) is 11.3 Å². The third-order valence-electron chi connectivity index (χ3n) is 3.50. The molecule has 2 heterocycles. The molecular weight excluding hydrogens is 370 g/mol. The second kappa shape index (κ2) is 8.67. The van der Waals surface area contributed by atoms with Gasteiger partial charge in [0.2, 0.25) is 10.7 Å². The molecule has 0 bridgehead atoms. The fourth-order valence-corrected chi connectivity index (χ4v) is 3.20. The van der Waals surface area contributed by atoms with Gasteiger partial charge < -0.3 is 19.5 Å². The predicted molar refractivity (Wildman–Crippen MR) is 99.8 cm³/mol. The number of rotatable bonds is 9. The zero-order valence-electron chi connectivity index (χ0n) is 15.4. The molecule has 0 saturated heterocycles. The topological polar surface area (TPSA) is 99.9 Å². The van der Waals surface area contributed by atoms with Crippen molar-refractivity contribution in [2.24, 2.45) is 0 Å². The third kappa shape index (κ3) is 4.27. The molecule has 0 aliphatic heterocycles. The molecule has 2 aromatic heterocycles. The summed E-state index contributed by atoms with van der Waals surface area (Å²) in [4.78, 5) is 13.3. The van der Waals surface area contributed by atoms with Crippen LogP contribution in [0.4, 0.5) is 0 Å². The van der Waals surface area contributed by atoms with Crippen molar-refractivity contribution >= 4 is 22.2 Å². The molecule has 0 aliphatic carbocycles. The quantitative estimate of drug-likeness (QED) is 0.597. The Hall–Kier alpha value is -2.88. The Balaban J connectivity index is 1.80. The van der Waals surface area contributed by atoms with Crippen molar-refractivity contribution in [3.63, 3.8) is 0 Å². The highest BCUT2D eigenvalue weighted by atomic mass is 32.1. The van der Waals surface area contributed by atoms with E-state index in [1.165, 1.54) is 17.7 Å². The Morgan fingerprint density at radius 3 is 2.37 bits per heavy atom. The van der Waals surface area contributed by atoms with Crippen LogP contribution >= 0.6 is 11.3 Å². The fourth-order valence-electron chi connectivity index (χ4n) is 2.45. The number of nitrogens with zero attached hydrogens (tertiary/aromatic N) is 4. The lowest BCUT2D eigenvalue weighted by Crippen LogP contribution is -2.23. The molecule has 0 fully saturated rings. The van der Waals surface area contributed by atoms with Crippen LogP contribution in [0, 0.1) is 0 Å². The molecule has 0 radical (unpaired) electrons. The first-order chi connectivity index (χ1) is 13.2. The van der Waals surface area contributed by atoms with Gasteiger partial charge in [0, 0.05) is 5.56 Å². The average Bonchev–Trinajstić information content (AvgIpc) is 3.24. The van der Waals surface area contributed by atoms with Crippen LogP contribution < -0.4 is 19.5 Å². The van der Waals surface area contributed by atoms with Crippen LogP contribution in [0.2, 0.25) is 0 Å². The van der Waals surface area contributed by atoms with Crippen molar-refractivity contribution in [3.05, 3.63) is 29.0 Å². The van der Waals surface area contributed by atoms with Gasteiger partial charge >= 0.3 is 0 Å². The zero-order chi connectivity index (χ0) is 19.2. The molecule has 1 amide bonds. The third-order valence-corrected chi connectivity index (χ3v) is 4.41. The lowest BCUT2D eigenvalue weighted by Gasteiger charge is -2.17. The molecule has 9 nitrogen and oxygen atoms in total. The van der Waals surface area contributed by atoms with Crippen molar-refractivity contribution < 1.29 is 19.0 Å². The summed E-state index contributed by atoms with van der Waals surface area (Å²) in [5, 5.41) is 15.6. The monoisotopic (exact) mass is 391 g/mol. The van der Waals surface area contributed by atoms with Crippen molar-refractivity contribution in [3.8, 4) is 17.2 Å². The summed E-state index contributed by atoms with van der Waals surface area (Å²) >= 11 is 1.37. The van der Waals surface area contributed by atoms with E-state index < -0.39 is 0 Å². The van der Waals surface area contributed by atoms with Crippen molar-refractivity contribution in [1.82, 2.24) is 25.1 Å². The smallest absolute Gasteiger partial charge is 0.251 e. The Morgan fingerprint density at radius 1 is 1.11 bits per heavy atom. The molecular formula is C17H21N5O4S. The molecule has 0 saturated carbocycles. The SMILES string of the molecule is CCOc1cc(C(=O)NCc2nn3cnnc3s2)cc(OCC)c1OCC. The minimum absolute atomic E-state index is 0.258. The van der Waals surface area contributed by atoms with E-state index in [9.17, 15) is 4.79 Å². The number of benzene rings is 1. The maximum Gasteiger partial charge on any atom is 0.251 e. The second-order valence-corrected chi connectivity index (χ2v) is 6.38. The minimum Gasteiger partial charge on any atom is -0.490 e. The van der Waals surface area contributed by atoms with E-state index in [0.717, 1.165) is 5.01 Å². The highest BCUT2D eigenvalue weighted by Crippen LogP contribution is 2.39. The van der Waals surface area contributed by atoms with Crippen LogP contribution in [0.1, 0.15) is 36.1 Å². The molecule has 1 N–H and O–H groups in total. The van der Waals surface area contributed by atoms with Gasteiger partial charge in [-0.3, -0.25) is 4.79 Å². The lowest BCUT2D eigenvalue weighted by molar-refractivity contribution is 0.0949. The van der Waals surface area contributed by atoms with Gasteiger partial charge in [-0.05, 0) is 32.9 Å². The van der Waals surface area contributed by atoms with Crippen LogP contribution in [0.5, 0.6) is 17.2 Å². The maximum absolute atomic E-state index is 12.6. The van der Waals surface area contributed by atoms with E-state index >= 15 is 0 Å². The number of carbonyl (C=O) groups is 1. The summed E-state index contributed by atoms with van der Waals surface area (Å²) in [7, 11) is 0. The molecule has 0 spiro atoms. The van der Waals surface area contributed by atoms with Gasteiger partial charge in [0.15, 0.2) is 11.5 Å². The molecule has 3 aromatic rings. The summed E-state index contributed by atoms with van der Waals surface area (Å²) in [5.41, 5.74) is 0.424. The number of hydrogen-bond acceptors (Lipinski definition) is 8. The van der Waals surface area contributed by atoms with Crippen molar-refractivity contribution in [1.29, 1.82) is 0 Å². The lowest BCUT2D eigenvalue weighted by atomic mass is 10.1. The normalized spacial score (nSPS) is 10.8. The molecule has 27 heavy (non-hydrogen) atoms. The summed E-state index contributed by atoms with van der Waals surface area (Å²) in [5.74, 6) is 1.21. The second-order valence-electron chi connectivity index (χ2n) is 5.34. The van der Waals surface area contributed by atoms with Gasteiger partial charge in [0.1, 0.15) is 11.3 Å². The average molecular weight is 391 g/mol. The van der Waals surface area contributed by atoms with Crippen molar-refractivity contribution in [2.45, 2.75) is 27.3 Å². The van der Waals surface area contributed by atoms with Crippen LogP contribution in [0.3, 0.4) is 0 Å². The number of nitrogens with one attached hydrogen (secondary N) is 1. The molecule has 3 rings (SSSR count). The summed E-state index contributed by atoms with van der Waals surface area (Å²) in [6.45, 7) is 7.27. The number of carbonyl (C=O) groups excluding carboxylic acids is 1. The summed E-state index contributed by atoms with van der Waals surface area (Å²) in [6, 6.07) is 3.32. The number of amides is 1. The highest BCUT2D eigenvalue weighted by Gasteiger charge is 2.18. The van der Waals surface area contributed by atoms with E-state index in [-0.39, 0.29) is 12.5 Å². The van der Waals surface area contributed by atoms with Gasteiger partial charge in [-0.25, -0.2) is 0 Å². The van der Waals surface area contributed by atoms with Crippen LogP contribution in [-0.2, 0) is 6.54 Å². The summed E-state index contributed by atoms with van der Waals surface area (Å²) < 4.78 is 18.5. The van der Waals surface area contributed by atoms with E-state index in [4.69, 9.17) is 14.2 Å². The Morgan fingerprint density at radius 2 is 1.78 bits per heavy atom. The Labute approximate surface area is 160 Å². The minimum atomic E-state index is -0.258. The molecule has 0 unspecified atom stereocenters. The first-order valence-electron chi connectivity index (χ1n) is 8.66. The standard InChI is InChI=1S/C17H21N5O4S/c1-4-24-12-7-11(8-13(25-5-2)15(12)26-6-3)16(23)18-9-14-21-22-10-19-20-17(22)27-14/h7-8,10H,4-6,9H2,1-3H3,(H,18,23). The van der Waals surface area contributed by atoms with Gasteiger partial charge in [-0.2, -0.15) is 9.61 Å². The van der Waals surface area contributed by atoms with Gasteiger partial charge in [0.25, 0.3) is 5.91 Å². The number of aromatic nitrogens is 4. The predicted octanol–water partition coefficient (Wildman–Crippen LogP) is 2.31. The van der Waals surface area contributed by atoms with E-state index in [1.807, 2.05) is 20.8 Å². The molecule has 0 aliphatic rings. The molecule has 10 heteroatoms. The largest absolute Gasteiger partial charge is 0.490 e. The number of fused-ring (bicyclic) bond motifs is 1. The van der Waals surface area contributed by atoms with Gasteiger partial charge in [0.05, 0.1) is 26.4 Å².